The summed E-state index contributed by atoms with van der Waals surface area (Å²) in [7, 11) is 0. The van der Waals surface area contributed by atoms with Crippen molar-refractivity contribution in [2.24, 2.45) is 5.92 Å². The van der Waals surface area contributed by atoms with Crippen LogP contribution in [-0.2, 0) is 0 Å². The number of nitrogens with zero attached hydrogens (tertiary/aromatic N) is 6. The average Bonchev–Trinajstić information content (AvgIpc) is 3.84. The van der Waals surface area contributed by atoms with E-state index in [1.54, 1.807) is 40.0 Å². The summed E-state index contributed by atoms with van der Waals surface area (Å²) in [5.74, 6) is 0.557. The normalized spacial score (nSPS) is 21.5. The number of carbonyl (C=O) groups is 2. The van der Waals surface area contributed by atoms with Gasteiger partial charge >= 0.3 is 6.03 Å². The van der Waals surface area contributed by atoms with Crippen LogP contribution in [-0.4, -0.2) is 94.5 Å². The van der Waals surface area contributed by atoms with Crippen molar-refractivity contribution in [2.75, 3.05) is 54.4 Å². The molecule has 6 heterocycles. The molecule has 1 aliphatic carbocycles. The van der Waals surface area contributed by atoms with Crippen molar-refractivity contribution in [2.45, 2.75) is 64.3 Å². The van der Waals surface area contributed by atoms with Crippen molar-refractivity contribution >= 4 is 72.7 Å². The molecule has 0 bridgehead atoms. The fourth-order valence-electron chi connectivity index (χ4n) is 7.88. The summed E-state index contributed by atoms with van der Waals surface area (Å²) >= 11 is 3.24. The lowest BCUT2D eigenvalue weighted by molar-refractivity contribution is 0.0916. The molecule has 1 unspecified atom stereocenters. The lowest BCUT2D eigenvalue weighted by atomic mass is 9.85. The fraction of sp³-hybridized carbons (Fsp3) is 0.447. The summed E-state index contributed by atoms with van der Waals surface area (Å²) in [5.41, 5.74) is 5.20. The summed E-state index contributed by atoms with van der Waals surface area (Å²) in [6, 6.07) is 8.41. The first kappa shape index (κ1) is 34.7. The number of hydrogen-bond donors (Lipinski definition) is 4. The van der Waals surface area contributed by atoms with E-state index in [1.807, 2.05) is 24.0 Å². The zero-order valence-electron chi connectivity index (χ0n) is 29.5. The molecular weight excluding hydrogens is 695 g/mol. The van der Waals surface area contributed by atoms with E-state index in [2.05, 4.69) is 67.8 Å². The van der Waals surface area contributed by atoms with Crippen LogP contribution >= 0.6 is 22.7 Å². The number of pyridine rings is 2. The molecule has 3 fully saturated rings. The number of thiazole rings is 1. The summed E-state index contributed by atoms with van der Waals surface area (Å²) in [5, 5.41) is 22.4. The maximum absolute atomic E-state index is 13.7. The molecule has 12 nitrogen and oxygen atoms in total. The lowest BCUT2D eigenvalue weighted by Gasteiger charge is -2.39. The number of carbonyl (C=O) groups excluding carboxylic acids is 2. The van der Waals surface area contributed by atoms with Gasteiger partial charge in [-0.15, -0.1) is 22.7 Å². The number of benzene rings is 1. The summed E-state index contributed by atoms with van der Waals surface area (Å²) < 4.78 is 0. The van der Waals surface area contributed by atoms with Crippen molar-refractivity contribution in [1.29, 1.82) is 0 Å². The van der Waals surface area contributed by atoms with Crippen LogP contribution in [0, 0.1) is 5.92 Å². The van der Waals surface area contributed by atoms with Crippen molar-refractivity contribution in [3.05, 3.63) is 60.1 Å². The Bertz CT molecular complexity index is 2050. The molecule has 2 aliphatic heterocycles. The number of aliphatic hydroxyl groups is 1. The van der Waals surface area contributed by atoms with Crippen LogP contribution in [0.25, 0.3) is 30.7 Å². The van der Waals surface area contributed by atoms with Gasteiger partial charge in [0.2, 0.25) is 0 Å². The minimum Gasteiger partial charge on any atom is -0.382 e. The minimum atomic E-state index is -0.810. The van der Waals surface area contributed by atoms with Crippen LogP contribution in [0.5, 0.6) is 0 Å². The number of anilines is 3. The van der Waals surface area contributed by atoms with Crippen LogP contribution in [0.3, 0.4) is 0 Å². The molecule has 1 saturated carbocycles. The van der Waals surface area contributed by atoms with E-state index in [0.717, 1.165) is 106 Å². The van der Waals surface area contributed by atoms with Crippen LogP contribution in [0.15, 0.2) is 54.6 Å². The second-order valence-corrected chi connectivity index (χ2v) is 16.4. The predicted octanol–water partition coefficient (Wildman–Crippen LogP) is 6.14. The van der Waals surface area contributed by atoms with Gasteiger partial charge in [0.05, 0.1) is 33.5 Å². The van der Waals surface area contributed by atoms with Gasteiger partial charge in [-0.05, 0) is 57.6 Å². The van der Waals surface area contributed by atoms with Crippen molar-refractivity contribution in [1.82, 2.24) is 30.5 Å². The van der Waals surface area contributed by atoms with Gasteiger partial charge in [0.15, 0.2) is 0 Å². The van der Waals surface area contributed by atoms with Crippen LogP contribution in [0.4, 0.5) is 21.9 Å². The van der Waals surface area contributed by atoms with Gasteiger partial charge in [-0.3, -0.25) is 24.6 Å². The van der Waals surface area contributed by atoms with Crippen LogP contribution < -0.4 is 25.8 Å². The Morgan fingerprint density at radius 1 is 0.942 bits per heavy atom. The van der Waals surface area contributed by atoms with Crippen molar-refractivity contribution < 1.29 is 14.7 Å². The van der Waals surface area contributed by atoms with E-state index in [4.69, 9.17) is 4.98 Å². The molecule has 4 aromatic heterocycles. The zero-order valence-corrected chi connectivity index (χ0v) is 31.2. The van der Waals surface area contributed by atoms with Crippen molar-refractivity contribution in [3.8, 4) is 9.75 Å². The number of amides is 3. The van der Waals surface area contributed by atoms with Crippen LogP contribution in [0.2, 0.25) is 0 Å². The summed E-state index contributed by atoms with van der Waals surface area (Å²) in [4.78, 5) is 49.6. The molecule has 52 heavy (non-hydrogen) atoms. The topological polar surface area (TPSA) is 139 Å². The van der Waals surface area contributed by atoms with Crippen molar-refractivity contribution in [3.63, 3.8) is 0 Å². The minimum absolute atomic E-state index is 0.0589. The Balaban J connectivity index is 0.859. The second kappa shape index (κ2) is 14.9. The average molecular weight is 740 g/mol. The molecule has 1 aromatic carbocycles. The number of aromatic nitrogens is 3. The van der Waals surface area contributed by atoms with Crippen LogP contribution in [0.1, 0.15) is 56.3 Å². The molecule has 3 aliphatic rings. The number of nitrogens with one attached hydrogen (secondary N) is 3. The predicted molar refractivity (Wildman–Crippen MR) is 210 cm³/mol. The molecule has 5 aromatic rings. The van der Waals surface area contributed by atoms with Gasteiger partial charge in [0.25, 0.3) is 5.91 Å². The van der Waals surface area contributed by atoms with E-state index in [9.17, 15) is 14.7 Å². The van der Waals surface area contributed by atoms with Gasteiger partial charge in [0.1, 0.15) is 11.1 Å². The third kappa shape index (κ3) is 7.16. The summed E-state index contributed by atoms with van der Waals surface area (Å²) in [6.45, 7) is 9.53. The molecule has 272 valence electrons. The Hall–Kier alpha value is -4.37. The molecule has 3 amide bonds. The highest BCUT2D eigenvalue weighted by atomic mass is 32.1. The Kier molecular flexibility index (Phi) is 9.97. The van der Waals surface area contributed by atoms with E-state index in [1.165, 1.54) is 0 Å². The third-order valence-electron chi connectivity index (χ3n) is 10.5. The molecular formula is C38H45N9O3S2. The highest BCUT2D eigenvalue weighted by molar-refractivity contribution is 7.25. The molecule has 4 N–H and O–H groups in total. The number of urea groups is 1. The molecule has 1 atom stereocenters. The zero-order chi connectivity index (χ0) is 35.8. The summed E-state index contributed by atoms with van der Waals surface area (Å²) in [6.07, 6.45) is 11.1. The maximum Gasteiger partial charge on any atom is 0.323 e. The Morgan fingerprint density at radius 3 is 2.52 bits per heavy atom. The maximum atomic E-state index is 13.7. The standard InChI is InChI=1S/C38H45N9O3S2/c1-23(2)42-35-27-16-32(33-20-40-22-51-33)52-37(27)41-18-29(35)36(49)43-25-8-6-24(7-9-25)21-45-12-14-46(15-13-45)30-5-3-4-26-28(30)17-39-19-31(26)47-11-10-34(48)44-38(47)50/h3-5,16-20,22-25,34,48H,6-15,21H2,1-2H3,(H,41,42)(H,43,49)(H,44,50)/t24-,25-,34?. The Morgan fingerprint density at radius 2 is 1.77 bits per heavy atom. The molecule has 0 spiro atoms. The highest BCUT2D eigenvalue weighted by Crippen LogP contribution is 2.39. The SMILES string of the molecule is CC(C)Nc1c(C(=O)N[C@H]2CC[C@H](CN3CCN(c4cccc5c(N6CCC(O)NC6=O)cncc45)CC3)CC2)cnc2sc(-c3cncs3)cc12. The fourth-order valence-corrected chi connectivity index (χ4v) is 9.60. The van der Waals surface area contributed by atoms with E-state index >= 15 is 0 Å². The number of hydrogen-bond acceptors (Lipinski definition) is 11. The van der Waals surface area contributed by atoms with Gasteiger partial charge in [-0.25, -0.2) is 9.78 Å². The number of aliphatic hydroxyl groups excluding tert-OH is 1. The number of rotatable bonds is 9. The second-order valence-electron chi connectivity index (χ2n) is 14.5. The van der Waals surface area contributed by atoms with Gasteiger partial charge < -0.3 is 26.0 Å². The monoisotopic (exact) mass is 739 g/mol. The van der Waals surface area contributed by atoms with E-state index in [0.29, 0.717) is 24.4 Å². The van der Waals surface area contributed by atoms with Gasteiger partial charge in [-0.2, -0.15) is 0 Å². The van der Waals surface area contributed by atoms with Gasteiger partial charge in [-0.1, -0.05) is 12.1 Å². The smallest absolute Gasteiger partial charge is 0.323 e. The first-order valence-electron chi connectivity index (χ1n) is 18.3. The quantitative estimate of drug-likeness (QED) is 0.141. The molecule has 0 radical (unpaired) electrons. The molecule has 2 saturated heterocycles. The first-order chi connectivity index (χ1) is 25.3. The Labute approximate surface area is 311 Å². The van der Waals surface area contributed by atoms with E-state index in [-0.39, 0.29) is 24.0 Å². The third-order valence-corrected chi connectivity index (χ3v) is 12.5. The number of thiophene rings is 1. The highest BCUT2D eigenvalue weighted by Gasteiger charge is 2.29. The number of fused-ring (bicyclic) bond motifs is 2. The largest absolute Gasteiger partial charge is 0.382 e. The lowest BCUT2D eigenvalue weighted by Crippen LogP contribution is -2.52. The molecule has 14 heteroatoms. The van der Waals surface area contributed by atoms with E-state index < -0.39 is 6.23 Å². The number of piperazine rings is 1. The van der Waals surface area contributed by atoms with Gasteiger partial charge in [0, 0.05) is 103 Å². The first-order valence-corrected chi connectivity index (χ1v) is 20.0. The molecule has 8 rings (SSSR count).